The van der Waals surface area contributed by atoms with E-state index in [0.717, 1.165) is 49.1 Å². The lowest BCUT2D eigenvalue weighted by atomic mass is 10.1. The van der Waals surface area contributed by atoms with Crippen molar-refractivity contribution < 1.29 is 17.2 Å². The van der Waals surface area contributed by atoms with Crippen molar-refractivity contribution in [2.45, 2.75) is 60.9 Å². The third-order valence-electron chi connectivity index (χ3n) is 3.66. The highest BCUT2D eigenvalue weighted by atomic mass is 32.2. The van der Waals surface area contributed by atoms with E-state index < -0.39 is 33.4 Å². The molecule has 0 amide bonds. The molecule has 1 saturated heterocycles. The Balaban J connectivity index is 0. The van der Waals surface area contributed by atoms with Crippen molar-refractivity contribution in [3.63, 3.8) is 0 Å². The molecule has 4 nitrogen and oxygen atoms in total. The summed E-state index contributed by atoms with van der Waals surface area (Å²) in [5.41, 5.74) is 0.760. The first kappa shape index (κ1) is 30.5. The molecule has 0 saturated carbocycles. The van der Waals surface area contributed by atoms with Crippen molar-refractivity contribution in [3.8, 4) is 0 Å². The number of rotatable bonds is 7. The van der Waals surface area contributed by atoms with E-state index >= 15 is 0 Å². The van der Waals surface area contributed by atoms with Gasteiger partial charge in [0.2, 0.25) is 0 Å². The standard InChI is InChI=1S/C9H11F2N.C8H17NO2S2.2C2H6/c1-2-12-6-7-3-4-8(10)9(11)5-7;1-2-9-13(11)7-8-4-3-5-12(10)6-8;2*1-2/h3-5,12H,2,6H2,1H3;8-9H,2-7H2,1H3;2*1-2H3. The molecule has 0 aromatic heterocycles. The van der Waals surface area contributed by atoms with Crippen LogP contribution < -0.4 is 10.0 Å². The van der Waals surface area contributed by atoms with E-state index in [1.54, 1.807) is 6.07 Å². The zero-order valence-electron chi connectivity index (χ0n) is 18.9. The fourth-order valence-corrected chi connectivity index (χ4v) is 5.21. The molecule has 2 rings (SSSR count). The Morgan fingerprint density at radius 1 is 1.10 bits per heavy atom. The third kappa shape index (κ3) is 15.8. The van der Waals surface area contributed by atoms with E-state index in [1.165, 1.54) is 6.07 Å². The van der Waals surface area contributed by atoms with E-state index in [0.29, 0.717) is 18.2 Å². The second-order valence-corrected chi connectivity index (χ2v) is 8.79. The summed E-state index contributed by atoms with van der Waals surface area (Å²) in [6.45, 7) is 14.0. The fourth-order valence-electron chi connectivity index (χ4n) is 2.45. The van der Waals surface area contributed by atoms with Crippen LogP contribution in [-0.2, 0) is 28.3 Å². The van der Waals surface area contributed by atoms with Crippen LogP contribution in [0.2, 0.25) is 0 Å². The monoisotopic (exact) mass is 454 g/mol. The van der Waals surface area contributed by atoms with Crippen molar-refractivity contribution in [1.29, 1.82) is 0 Å². The van der Waals surface area contributed by atoms with Crippen LogP contribution in [0.4, 0.5) is 8.78 Å². The lowest BCUT2D eigenvalue weighted by Gasteiger charge is -2.20. The molecule has 2 N–H and O–H groups in total. The van der Waals surface area contributed by atoms with Crippen molar-refractivity contribution in [2.75, 3.05) is 30.3 Å². The smallest absolute Gasteiger partial charge is 0.159 e. The maximum atomic E-state index is 12.6. The van der Waals surface area contributed by atoms with Gasteiger partial charge >= 0.3 is 0 Å². The van der Waals surface area contributed by atoms with Crippen LogP contribution in [0.15, 0.2) is 18.2 Å². The molecule has 0 radical (unpaired) electrons. The number of halogens is 2. The quantitative estimate of drug-likeness (QED) is 0.636. The summed E-state index contributed by atoms with van der Waals surface area (Å²) in [5.74, 6) is 1.07. The van der Waals surface area contributed by atoms with Crippen molar-refractivity contribution in [3.05, 3.63) is 35.4 Å². The topological polar surface area (TPSA) is 58.2 Å². The molecule has 0 spiro atoms. The molecule has 1 aliphatic heterocycles. The molecule has 1 fully saturated rings. The third-order valence-corrected chi connectivity index (χ3v) is 6.63. The lowest BCUT2D eigenvalue weighted by Crippen LogP contribution is -2.29. The molecule has 1 heterocycles. The summed E-state index contributed by atoms with van der Waals surface area (Å²) in [6.07, 6.45) is 2.11. The van der Waals surface area contributed by atoms with Crippen molar-refractivity contribution in [2.24, 2.45) is 5.92 Å². The van der Waals surface area contributed by atoms with Gasteiger partial charge in [0.1, 0.15) is 0 Å². The lowest BCUT2D eigenvalue weighted by molar-refractivity contribution is 0.506. The van der Waals surface area contributed by atoms with Crippen molar-refractivity contribution in [1.82, 2.24) is 10.0 Å². The van der Waals surface area contributed by atoms with Crippen LogP contribution in [0, 0.1) is 17.6 Å². The summed E-state index contributed by atoms with van der Waals surface area (Å²) in [6, 6.07) is 3.92. The van der Waals surface area contributed by atoms with Gasteiger partial charge in [-0.15, -0.1) is 0 Å². The van der Waals surface area contributed by atoms with Crippen LogP contribution in [0.1, 0.15) is 59.9 Å². The summed E-state index contributed by atoms with van der Waals surface area (Å²) < 4.78 is 50.4. The van der Waals surface area contributed by atoms with Crippen LogP contribution in [-0.4, -0.2) is 38.8 Å². The molecule has 1 aromatic carbocycles. The van der Waals surface area contributed by atoms with Gasteiger partial charge in [0.25, 0.3) is 0 Å². The Morgan fingerprint density at radius 2 is 1.76 bits per heavy atom. The summed E-state index contributed by atoms with van der Waals surface area (Å²) in [4.78, 5) is 0. The van der Waals surface area contributed by atoms with E-state index in [-0.39, 0.29) is 0 Å². The first-order chi connectivity index (χ1) is 14.0. The molecular formula is C21H40F2N2O2S2. The Bertz CT molecular complexity index is 576. The Morgan fingerprint density at radius 3 is 2.28 bits per heavy atom. The fraction of sp³-hybridized carbons (Fsp3) is 0.714. The average molecular weight is 455 g/mol. The number of hydrogen-bond donors (Lipinski definition) is 2. The van der Waals surface area contributed by atoms with E-state index in [9.17, 15) is 17.2 Å². The van der Waals surface area contributed by atoms with E-state index in [1.807, 2.05) is 41.5 Å². The highest BCUT2D eigenvalue weighted by Crippen LogP contribution is 2.16. The molecule has 29 heavy (non-hydrogen) atoms. The minimum atomic E-state index is -0.917. The zero-order chi connectivity index (χ0) is 22.7. The molecule has 1 aromatic rings. The first-order valence-corrected chi connectivity index (χ1v) is 13.4. The van der Waals surface area contributed by atoms with Crippen molar-refractivity contribution >= 4 is 21.8 Å². The molecule has 3 atom stereocenters. The normalized spacial score (nSPS) is 18.8. The second-order valence-electron chi connectivity index (χ2n) is 5.86. The maximum absolute atomic E-state index is 12.6. The summed E-state index contributed by atoms with van der Waals surface area (Å²) in [7, 11) is -1.57. The van der Waals surface area contributed by atoms with Crippen LogP contribution >= 0.6 is 0 Å². The largest absolute Gasteiger partial charge is 0.313 e. The van der Waals surface area contributed by atoms with Crippen LogP contribution in [0.25, 0.3) is 0 Å². The molecule has 172 valence electrons. The number of hydrogen-bond acceptors (Lipinski definition) is 3. The summed E-state index contributed by atoms with van der Waals surface area (Å²) >= 11 is 0. The number of nitrogens with one attached hydrogen (secondary N) is 2. The first-order valence-electron chi connectivity index (χ1n) is 10.6. The summed E-state index contributed by atoms with van der Waals surface area (Å²) in [5, 5.41) is 3.02. The molecule has 0 aliphatic carbocycles. The SMILES string of the molecule is CC.CC.CCNCc1ccc(F)c(F)c1.CCNS(=O)CC1CCCS(=O)C1. The molecule has 8 heteroatoms. The van der Waals surface area contributed by atoms with E-state index in [4.69, 9.17) is 0 Å². The van der Waals surface area contributed by atoms with Gasteiger partial charge in [-0.05, 0) is 43.0 Å². The number of benzene rings is 1. The Labute approximate surface area is 181 Å². The van der Waals surface area contributed by atoms with E-state index in [2.05, 4.69) is 10.0 Å². The zero-order valence-corrected chi connectivity index (χ0v) is 20.5. The van der Waals surface area contributed by atoms with Crippen LogP contribution in [0.5, 0.6) is 0 Å². The van der Waals surface area contributed by atoms with Gasteiger partial charge in [-0.2, -0.15) is 0 Å². The molecule has 1 aliphatic rings. The van der Waals surface area contributed by atoms with Gasteiger partial charge < -0.3 is 5.32 Å². The van der Waals surface area contributed by atoms with Gasteiger partial charge in [0.15, 0.2) is 11.6 Å². The second kappa shape index (κ2) is 20.6. The predicted molar refractivity (Wildman–Crippen MR) is 124 cm³/mol. The average Bonchev–Trinajstić information content (AvgIpc) is 2.72. The predicted octanol–water partition coefficient (Wildman–Crippen LogP) is 4.55. The van der Waals surface area contributed by atoms with Gasteiger partial charge in [-0.3, -0.25) is 4.21 Å². The molecule has 3 unspecified atom stereocenters. The van der Waals surface area contributed by atoms with Gasteiger partial charge in [0, 0.05) is 41.1 Å². The minimum Gasteiger partial charge on any atom is -0.313 e. The minimum absolute atomic E-state index is 0.398. The highest BCUT2D eigenvalue weighted by molar-refractivity contribution is 7.85. The molecule has 0 bridgehead atoms. The Kier molecular flexibility index (Phi) is 21.6. The van der Waals surface area contributed by atoms with Gasteiger partial charge in [0.05, 0.1) is 11.0 Å². The van der Waals surface area contributed by atoms with Crippen LogP contribution in [0.3, 0.4) is 0 Å². The van der Waals surface area contributed by atoms with Gasteiger partial charge in [-0.1, -0.05) is 47.6 Å². The highest BCUT2D eigenvalue weighted by Gasteiger charge is 2.20. The van der Waals surface area contributed by atoms with Gasteiger partial charge in [-0.25, -0.2) is 17.7 Å². The Hall–Kier alpha value is -0.700. The molecular weight excluding hydrogens is 414 g/mol. The maximum Gasteiger partial charge on any atom is 0.159 e.